The normalized spacial score (nSPS) is 11.1. The maximum atomic E-state index is 5.57. The Balaban J connectivity index is 2.22. The van der Waals surface area contributed by atoms with E-state index in [0.717, 1.165) is 12.7 Å². The maximum Gasteiger partial charge on any atom is 0.165 e. The standard InChI is InChI=1S/C15H18OSi/c1-2-16-17-12-14-10-6-7-11-15(14)13-8-4-3-5-9-13/h3-11H,2,12,17H2,1H3. The Hall–Kier alpha value is -1.38. The lowest BCUT2D eigenvalue weighted by molar-refractivity contribution is 0.360. The van der Waals surface area contributed by atoms with Gasteiger partial charge in [0.05, 0.1) is 0 Å². The van der Waals surface area contributed by atoms with Gasteiger partial charge in [0.1, 0.15) is 0 Å². The molecule has 2 heteroatoms. The molecule has 0 aromatic heterocycles. The van der Waals surface area contributed by atoms with Gasteiger partial charge in [-0.1, -0.05) is 54.6 Å². The highest BCUT2D eigenvalue weighted by Crippen LogP contribution is 2.23. The van der Waals surface area contributed by atoms with Crippen molar-refractivity contribution in [3.63, 3.8) is 0 Å². The molecule has 0 fully saturated rings. The van der Waals surface area contributed by atoms with Gasteiger partial charge in [-0.05, 0) is 29.7 Å². The molecular weight excluding hydrogens is 224 g/mol. The quantitative estimate of drug-likeness (QED) is 0.578. The summed E-state index contributed by atoms with van der Waals surface area (Å²) in [6, 6.07) is 20.3. The van der Waals surface area contributed by atoms with E-state index in [4.69, 9.17) is 4.43 Å². The molecule has 88 valence electrons. The predicted octanol–water partition coefficient (Wildman–Crippen LogP) is 2.97. The van der Waals surface area contributed by atoms with E-state index < -0.39 is 9.76 Å². The monoisotopic (exact) mass is 242 g/mol. The molecule has 0 saturated heterocycles. The molecule has 17 heavy (non-hydrogen) atoms. The summed E-state index contributed by atoms with van der Waals surface area (Å²) < 4.78 is 5.57. The topological polar surface area (TPSA) is 9.23 Å². The van der Waals surface area contributed by atoms with Gasteiger partial charge in [0, 0.05) is 6.61 Å². The van der Waals surface area contributed by atoms with Crippen LogP contribution in [0.4, 0.5) is 0 Å². The van der Waals surface area contributed by atoms with Gasteiger partial charge in [0.2, 0.25) is 0 Å². The van der Waals surface area contributed by atoms with Crippen LogP contribution < -0.4 is 0 Å². The van der Waals surface area contributed by atoms with Crippen molar-refractivity contribution in [2.75, 3.05) is 6.61 Å². The second kappa shape index (κ2) is 6.38. The van der Waals surface area contributed by atoms with Gasteiger partial charge < -0.3 is 4.43 Å². The van der Waals surface area contributed by atoms with Crippen LogP contribution in [0.1, 0.15) is 12.5 Å². The zero-order valence-corrected chi connectivity index (χ0v) is 11.6. The molecule has 0 aliphatic rings. The molecule has 1 nitrogen and oxygen atoms in total. The zero-order chi connectivity index (χ0) is 11.9. The van der Waals surface area contributed by atoms with Crippen LogP contribution in [0.25, 0.3) is 11.1 Å². The van der Waals surface area contributed by atoms with Crippen molar-refractivity contribution in [2.45, 2.75) is 13.0 Å². The number of benzene rings is 2. The van der Waals surface area contributed by atoms with Gasteiger partial charge in [-0.15, -0.1) is 0 Å². The molecule has 0 N–H and O–H groups in total. The minimum atomic E-state index is -0.413. The molecule has 0 spiro atoms. The highest BCUT2D eigenvalue weighted by Gasteiger charge is 2.03. The highest BCUT2D eigenvalue weighted by molar-refractivity contribution is 6.26. The van der Waals surface area contributed by atoms with Crippen molar-refractivity contribution in [3.8, 4) is 11.1 Å². The molecular formula is C15H18OSi. The van der Waals surface area contributed by atoms with Crippen LogP contribution in [0, 0.1) is 0 Å². The van der Waals surface area contributed by atoms with Crippen LogP contribution in [0.15, 0.2) is 54.6 Å². The fraction of sp³-hybridized carbons (Fsp3) is 0.200. The van der Waals surface area contributed by atoms with Crippen LogP contribution in [0.5, 0.6) is 0 Å². The third kappa shape index (κ3) is 3.28. The van der Waals surface area contributed by atoms with E-state index >= 15 is 0 Å². The molecule has 0 radical (unpaired) electrons. The van der Waals surface area contributed by atoms with Crippen molar-refractivity contribution >= 4 is 9.76 Å². The maximum absolute atomic E-state index is 5.57. The van der Waals surface area contributed by atoms with E-state index in [2.05, 4.69) is 61.5 Å². The SMILES string of the molecule is CCO[SiH2]Cc1ccccc1-c1ccccc1. The van der Waals surface area contributed by atoms with Gasteiger partial charge in [-0.2, -0.15) is 0 Å². The summed E-state index contributed by atoms with van der Waals surface area (Å²) in [5.74, 6) is 0. The second-order valence-corrected chi connectivity index (χ2v) is 5.29. The predicted molar refractivity (Wildman–Crippen MR) is 75.8 cm³/mol. The summed E-state index contributed by atoms with van der Waals surface area (Å²) in [6.45, 7) is 2.91. The summed E-state index contributed by atoms with van der Waals surface area (Å²) in [5.41, 5.74) is 4.06. The molecule has 0 bridgehead atoms. The van der Waals surface area contributed by atoms with Gasteiger partial charge in [0.15, 0.2) is 9.76 Å². The molecule has 2 rings (SSSR count). The van der Waals surface area contributed by atoms with E-state index in [1.807, 2.05) is 0 Å². The first-order chi connectivity index (χ1) is 8.42. The smallest absolute Gasteiger partial charge is 0.165 e. The lowest BCUT2D eigenvalue weighted by Crippen LogP contribution is -2.03. The Morgan fingerprint density at radius 2 is 1.65 bits per heavy atom. The largest absolute Gasteiger partial charge is 0.424 e. The Labute approximate surface area is 105 Å². The molecule has 2 aromatic rings. The van der Waals surface area contributed by atoms with Crippen LogP contribution >= 0.6 is 0 Å². The summed E-state index contributed by atoms with van der Waals surface area (Å²) in [7, 11) is -0.413. The Kier molecular flexibility index (Phi) is 4.53. The second-order valence-electron chi connectivity index (χ2n) is 3.97. The van der Waals surface area contributed by atoms with E-state index in [1.54, 1.807) is 0 Å². The van der Waals surface area contributed by atoms with Gasteiger partial charge in [0.25, 0.3) is 0 Å². The molecule has 0 aliphatic heterocycles. The van der Waals surface area contributed by atoms with E-state index in [1.165, 1.54) is 16.7 Å². The lowest BCUT2D eigenvalue weighted by Gasteiger charge is -2.09. The van der Waals surface area contributed by atoms with Crippen LogP contribution in [-0.4, -0.2) is 16.4 Å². The fourth-order valence-electron chi connectivity index (χ4n) is 1.96. The number of hydrogen-bond acceptors (Lipinski definition) is 1. The first kappa shape index (κ1) is 12.1. The van der Waals surface area contributed by atoms with Gasteiger partial charge >= 0.3 is 0 Å². The van der Waals surface area contributed by atoms with Crippen molar-refractivity contribution in [1.29, 1.82) is 0 Å². The average Bonchev–Trinajstić information content (AvgIpc) is 2.41. The molecule has 2 aromatic carbocycles. The zero-order valence-electron chi connectivity index (χ0n) is 10.2. The Morgan fingerprint density at radius 1 is 0.941 bits per heavy atom. The average molecular weight is 242 g/mol. The Morgan fingerprint density at radius 3 is 2.41 bits per heavy atom. The highest BCUT2D eigenvalue weighted by atomic mass is 28.2. The number of rotatable bonds is 5. The summed E-state index contributed by atoms with van der Waals surface area (Å²) in [4.78, 5) is 0. The first-order valence-electron chi connectivity index (χ1n) is 6.13. The van der Waals surface area contributed by atoms with Crippen molar-refractivity contribution in [2.24, 2.45) is 0 Å². The van der Waals surface area contributed by atoms with Crippen LogP contribution in [-0.2, 0) is 10.5 Å². The summed E-state index contributed by atoms with van der Waals surface area (Å²) in [5, 5.41) is 0. The molecule has 0 amide bonds. The molecule has 0 atom stereocenters. The van der Waals surface area contributed by atoms with Crippen LogP contribution in [0.2, 0.25) is 0 Å². The molecule has 0 saturated carbocycles. The fourth-order valence-corrected chi connectivity index (χ4v) is 3.05. The molecule has 0 unspecified atom stereocenters. The minimum absolute atomic E-state index is 0.413. The van der Waals surface area contributed by atoms with Crippen molar-refractivity contribution in [3.05, 3.63) is 60.2 Å². The summed E-state index contributed by atoms with van der Waals surface area (Å²) >= 11 is 0. The van der Waals surface area contributed by atoms with Crippen LogP contribution in [0.3, 0.4) is 0 Å². The minimum Gasteiger partial charge on any atom is -0.424 e. The van der Waals surface area contributed by atoms with Crippen molar-refractivity contribution < 1.29 is 4.43 Å². The lowest BCUT2D eigenvalue weighted by atomic mass is 10.0. The van der Waals surface area contributed by atoms with E-state index in [-0.39, 0.29) is 0 Å². The molecule has 0 aliphatic carbocycles. The third-order valence-electron chi connectivity index (χ3n) is 2.82. The Bertz CT molecular complexity index is 453. The summed E-state index contributed by atoms with van der Waals surface area (Å²) in [6.07, 6.45) is 0. The van der Waals surface area contributed by atoms with E-state index in [0.29, 0.717) is 0 Å². The first-order valence-corrected chi connectivity index (χ1v) is 7.70. The van der Waals surface area contributed by atoms with Gasteiger partial charge in [-0.3, -0.25) is 0 Å². The van der Waals surface area contributed by atoms with E-state index in [9.17, 15) is 0 Å². The third-order valence-corrected chi connectivity index (χ3v) is 4.26. The molecule has 0 heterocycles. The van der Waals surface area contributed by atoms with Gasteiger partial charge in [-0.25, -0.2) is 0 Å². The number of hydrogen-bond donors (Lipinski definition) is 0. The van der Waals surface area contributed by atoms with Crippen molar-refractivity contribution in [1.82, 2.24) is 0 Å².